The first-order valence-corrected chi connectivity index (χ1v) is 11.8. The van der Waals surface area contributed by atoms with Crippen molar-refractivity contribution in [2.24, 2.45) is 0 Å². The Kier molecular flexibility index (Phi) is 6.77. The summed E-state index contributed by atoms with van der Waals surface area (Å²) < 4.78 is 11.3. The number of hydrogen-bond donors (Lipinski definition) is 1. The van der Waals surface area contributed by atoms with Crippen LogP contribution in [0.15, 0.2) is 42.5 Å². The molecule has 2 aromatic carbocycles. The Morgan fingerprint density at radius 3 is 2.56 bits per heavy atom. The fourth-order valence-corrected chi connectivity index (χ4v) is 4.74. The van der Waals surface area contributed by atoms with Gasteiger partial charge >= 0.3 is 0 Å². The van der Waals surface area contributed by atoms with Crippen LogP contribution in [0.5, 0.6) is 11.5 Å². The fraction of sp³-hybridized carbons (Fsp3) is 0.423. The average molecular weight is 466 g/mol. The molecular formula is C26H31N3O5. The molecule has 8 heteroatoms. The summed E-state index contributed by atoms with van der Waals surface area (Å²) in [6, 6.07) is 12.8. The summed E-state index contributed by atoms with van der Waals surface area (Å²) in [6.45, 7) is 7.09. The van der Waals surface area contributed by atoms with Crippen LogP contribution in [-0.4, -0.2) is 54.6 Å². The van der Waals surface area contributed by atoms with Gasteiger partial charge in [-0.25, -0.2) is 0 Å². The van der Waals surface area contributed by atoms with Crippen molar-refractivity contribution < 1.29 is 23.9 Å². The molecule has 2 aliphatic rings. The summed E-state index contributed by atoms with van der Waals surface area (Å²) in [5.74, 6) is 0.861. The maximum Gasteiger partial charge on any atom is 0.258 e. The van der Waals surface area contributed by atoms with Crippen LogP contribution in [0.2, 0.25) is 0 Å². The maximum atomic E-state index is 13.3. The van der Waals surface area contributed by atoms with Gasteiger partial charge in [0.05, 0.1) is 24.5 Å². The second kappa shape index (κ2) is 9.75. The number of benzene rings is 2. The smallest absolute Gasteiger partial charge is 0.258 e. The Morgan fingerprint density at radius 1 is 1.06 bits per heavy atom. The van der Waals surface area contributed by atoms with Gasteiger partial charge < -0.3 is 19.7 Å². The minimum atomic E-state index is -0.846. The van der Waals surface area contributed by atoms with E-state index in [4.69, 9.17) is 9.47 Å². The highest BCUT2D eigenvalue weighted by Crippen LogP contribution is 2.43. The van der Waals surface area contributed by atoms with E-state index in [1.807, 2.05) is 45.0 Å². The van der Waals surface area contributed by atoms with Crippen molar-refractivity contribution in [2.45, 2.75) is 45.7 Å². The highest BCUT2D eigenvalue weighted by Gasteiger charge is 2.53. The lowest BCUT2D eigenvalue weighted by Crippen LogP contribution is -2.63. The molecule has 0 aliphatic carbocycles. The van der Waals surface area contributed by atoms with Crippen LogP contribution in [0.1, 0.15) is 49.5 Å². The molecule has 3 amide bonds. The lowest BCUT2D eigenvalue weighted by molar-refractivity contribution is -0.123. The van der Waals surface area contributed by atoms with E-state index < -0.39 is 5.66 Å². The molecule has 0 spiro atoms. The van der Waals surface area contributed by atoms with Gasteiger partial charge in [0.15, 0.2) is 11.5 Å². The number of rotatable bonds is 9. The van der Waals surface area contributed by atoms with Crippen LogP contribution in [0.3, 0.4) is 0 Å². The van der Waals surface area contributed by atoms with E-state index in [0.717, 1.165) is 5.56 Å². The highest BCUT2D eigenvalue weighted by molar-refractivity contribution is 6.11. The van der Waals surface area contributed by atoms with E-state index in [0.29, 0.717) is 61.8 Å². The molecule has 4 rings (SSSR count). The zero-order valence-electron chi connectivity index (χ0n) is 19.9. The fourth-order valence-electron chi connectivity index (χ4n) is 4.74. The molecule has 1 N–H and O–H groups in total. The first-order chi connectivity index (χ1) is 16.4. The van der Waals surface area contributed by atoms with Gasteiger partial charge in [0.25, 0.3) is 5.91 Å². The van der Waals surface area contributed by atoms with Crippen molar-refractivity contribution in [1.29, 1.82) is 0 Å². The van der Waals surface area contributed by atoms with E-state index in [-0.39, 0.29) is 24.3 Å². The average Bonchev–Trinajstić information content (AvgIpc) is 3.14. The van der Waals surface area contributed by atoms with E-state index in [2.05, 4.69) is 5.32 Å². The summed E-state index contributed by atoms with van der Waals surface area (Å²) >= 11 is 0. The molecule has 2 aliphatic heterocycles. The lowest BCUT2D eigenvalue weighted by atomic mass is 9.98. The summed E-state index contributed by atoms with van der Waals surface area (Å²) in [7, 11) is 0. The predicted molar refractivity (Wildman–Crippen MR) is 128 cm³/mol. The molecule has 2 heterocycles. The Morgan fingerprint density at radius 2 is 1.79 bits per heavy atom. The largest absolute Gasteiger partial charge is 0.490 e. The SMILES string of the molecule is CCOc1ccc(CCNC(=O)CN2C(=O)c3ccccc3N3C(=O)CCC23C)cc1OCC. The molecule has 8 nitrogen and oxygen atoms in total. The molecule has 180 valence electrons. The van der Waals surface area contributed by atoms with Crippen LogP contribution in [0.25, 0.3) is 0 Å². The summed E-state index contributed by atoms with van der Waals surface area (Å²) in [4.78, 5) is 41.9. The molecule has 1 fully saturated rings. The minimum Gasteiger partial charge on any atom is -0.490 e. The van der Waals surface area contributed by atoms with Crippen molar-refractivity contribution in [3.05, 3.63) is 53.6 Å². The number of fused-ring (bicyclic) bond motifs is 3. The van der Waals surface area contributed by atoms with E-state index >= 15 is 0 Å². The topological polar surface area (TPSA) is 88.2 Å². The summed E-state index contributed by atoms with van der Waals surface area (Å²) in [5, 5.41) is 2.91. The third-order valence-corrected chi connectivity index (χ3v) is 6.39. The van der Waals surface area contributed by atoms with Gasteiger partial charge in [-0.05, 0) is 63.4 Å². The zero-order chi connectivity index (χ0) is 24.3. The van der Waals surface area contributed by atoms with Crippen LogP contribution in [0, 0.1) is 0 Å². The molecule has 1 unspecified atom stereocenters. The molecule has 34 heavy (non-hydrogen) atoms. The van der Waals surface area contributed by atoms with E-state index in [1.165, 1.54) is 4.90 Å². The highest BCUT2D eigenvalue weighted by atomic mass is 16.5. The molecule has 0 radical (unpaired) electrons. The summed E-state index contributed by atoms with van der Waals surface area (Å²) in [5.41, 5.74) is 1.23. The van der Waals surface area contributed by atoms with Crippen LogP contribution < -0.4 is 19.7 Å². The van der Waals surface area contributed by atoms with Crippen molar-refractivity contribution in [2.75, 3.05) is 31.2 Å². The number of nitrogens with zero attached hydrogens (tertiary/aromatic N) is 2. The Balaban J connectivity index is 1.42. The number of anilines is 1. The Labute approximate surface area is 199 Å². The number of ether oxygens (including phenoxy) is 2. The summed E-state index contributed by atoms with van der Waals surface area (Å²) in [6.07, 6.45) is 1.44. The van der Waals surface area contributed by atoms with Crippen molar-refractivity contribution in [3.63, 3.8) is 0 Å². The molecule has 0 saturated carbocycles. The quantitative estimate of drug-likeness (QED) is 0.615. The van der Waals surface area contributed by atoms with Gasteiger partial charge in [-0.2, -0.15) is 0 Å². The Hall–Kier alpha value is -3.55. The number of carbonyl (C=O) groups excluding carboxylic acids is 3. The second-order valence-corrected chi connectivity index (χ2v) is 8.60. The molecule has 1 saturated heterocycles. The van der Waals surface area contributed by atoms with Gasteiger partial charge in [-0.1, -0.05) is 18.2 Å². The van der Waals surface area contributed by atoms with Crippen LogP contribution in [-0.2, 0) is 16.0 Å². The van der Waals surface area contributed by atoms with Crippen molar-refractivity contribution in [1.82, 2.24) is 10.2 Å². The van der Waals surface area contributed by atoms with E-state index in [1.54, 1.807) is 23.1 Å². The van der Waals surface area contributed by atoms with Gasteiger partial charge in [-0.3, -0.25) is 19.3 Å². The normalized spacial score (nSPS) is 19.0. The van der Waals surface area contributed by atoms with Gasteiger partial charge in [0.2, 0.25) is 11.8 Å². The van der Waals surface area contributed by atoms with Gasteiger partial charge in [-0.15, -0.1) is 0 Å². The minimum absolute atomic E-state index is 0.0338. The molecular weight excluding hydrogens is 434 g/mol. The third kappa shape index (κ3) is 4.32. The molecule has 2 aromatic rings. The van der Waals surface area contributed by atoms with Crippen LogP contribution >= 0.6 is 0 Å². The maximum absolute atomic E-state index is 13.3. The van der Waals surface area contributed by atoms with Gasteiger partial charge in [0.1, 0.15) is 12.2 Å². The van der Waals surface area contributed by atoms with Crippen molar-refractivity contribution >= 4 is 23.4 Å². The number of nitrogens with one attached hydrogen (secondary N) is 1. The first-order valence-electron chi connectivity index (χ1n) is 11.8. The monoisotopic (exact) mass is 465 g/mol. The van der Waals surface area contributed by atoms with Gasteiger partial charge in [0, 0.05) is 13.0 Å². The zero-order valence-corrected chi connectivity index (χ0v) is 19.9. The standard InChI is InChI=1S/C26H31N3O5/c1-4-33-21-11-10-18(16-22(21)34-5-2)13-15-27-23(30)17-28-25(32)19-8-6-7-9-20(19)29-24(31)12-14-26(28,29)3/h6-11,16H,4-5,12-15,17H2,1-3H3,(H,27,30). The molecule has 0 aromatic heterocycles. The first kappa shape index (κ1) is 23.6. The number of para-hydroxylation sites is 1. The second-order valence-electron chi connectivity index (χ2n) is 8.60. The molecule has 0 bridgehead atoms. The predicted octanol–water partition coefficient (Wildman–Crippen LogP) is 3.14. The Bertz CT molecular complexity index is 1100. The number of hydrogen-bond acceptors (Lipinski definition) is 5. The number of amides is 3. The number of carbonyl (C=O) groups is 3. The lowest BCUT2D eigenvalue weighted by Gasteiger charge is -2.48. The van der Waals surface area contributed by atoms with Crippen LogP contribution in [0.4, 0.5) is 5.69 Å². The van der Waals surface area contributed by atoms with Crippen molar-refractivity contribution in [3.8, 4) is 11.5 Å². The molecule has 1 atom stereocenters. The third-order valence-electron chi connectivity index (χ3n) is 6.39. The van der Waals surface area contributed by atoms with E-state index in [9.17, 15) is 14.4 Å².